The van der Waals surface area contributed by atoms with Gasteiger partial charge in [0.2, 0.25) is 0 Å². The Kier molecular flexibility index (Phi) is 4.05. The molecule has 24 heavy (non-hydrogen) atoms. The molecule has 0 bridgehead atoms. The van der Waals surface area contributed by atoms with Crippen LogP contribution < -0.4 is 5.32 Å². The van der Waals surface area contributed by atoms with E-state index < -0.39 is 29.4 Å². The van der Waals surface area contributed by atoms with Crippen molar-refractivity contribution >= 4 is 16.9 Å². The molecule has 0 saturated carbocycles. The van der Waals surface area contributed by atoms with Crippen LogP contribution in [0.5, 0.6) is 0 Å². The number of fused-ring (bicyclic) bond motifs is 1. The number of amides is 1. The number of carbonyl (C=O) groups is 1. The topological polar surface area (TPSA) is 42.2 Å². The molecule has 0 aliphatic rings. The van der Waals surface area contributed by atoms with Gasteiger partial charge in [0.25, 0.3) is 5.91 Å². The SMILES string of the molecule is Cc1c(C(=O)N[C@H](C)c2ccc(F)c(F)c2)oc2ccc(F)cc12. The Balaban J connectivity index is 1.86. The Morgan fingerprint density at radius 3 is 2.54 bits per heavy atom. The summed E-state index contributed by atoms with van der Waals surface area (Å²) < 4.78 is 45.1. The zero-order valence-corrected chi connectivity index (χ0v) is 13.0. The molecule has 1 amide bonds. The van der Waals surface area contributed by atoms with Gasteiger partial charge in [-0.1, -0.05) is 6.07 Å². The number of halogens is 3. The van der Waals surface area contributed by atoms with Gasteiger partial charge in [-0.2, -0.15) is 0 Å². The highest BCUT2D eigenvalue weighted by molar-refractivity contribution is 5.99. The molecular formula is C18H14F3NO2. The molecule has 1 atom stereocenters. The minimum absolute atomic E-state index is 0.0602. The van der Waals surface area contributed by atoms with Crippen LogP contribution in [0.3, 0.4) is 0 Å². The quantitative estimate of drug-likeness (QED) is 0.758. The second-order valence-electron chi connectivity index (χ2n) is 5.57. The lowest BCUT2D eigenvalue weighted by Gasteiger charge is -2.14. The number of rotatable bonds is 3. The predicted molar refractivity (Wildman–Crippen MR) is 83.1 cm³/mol. The standard InChI is InChI=1S/C18H14F3NO2/c1-9-13-8-12(19)4-6-16(13)24-17(9)18(23)22-10(2)11-3-5-14(20)15(21)7-11/h3-8,10H,1-2H3,(H,22,23)/t10-/m1/s1. The molecule has 2 aromatic carbocycles. The Hall–Kier alpha value is -2.76. The number of nitrogens with one attached hydrogen (secondary N) is 1. The lowest BCUT2D eigenvalue weighted by atomic mass is 10.1. The Labute approximate surface area is 136 Å². The van der Waals surface area contributed by atoms with Crippen LogP contribution in [0, 0.1) is 24.4 Å². The molecule has 0 unspecified atom stereocenters. The fourth-order valence-corrected chi connectivity index (χ4v) is 2.54. The van der Waals surface area contributed by atoms with Crippen molar-refractivity contribution in [3.63, 3.8) is 0 Å². The summed E-state index contributed by atoms with van der Waals surface area (Å²) in [6.07, 6.45) is 0. The van der Waals surface area contributed by atoms with E-state index in [0.29, 0.717) is 22.1 Å². The largest absolute Gasteiger partial charge is 0.451 e. The van der Waals surface area contributed by atoms with Crippen LogP contribution in [0.4, 0.5) is 13.2 Å². The van der Waals surface area contributed by atoms with Gasteiger partial charge < -0.3 is 9.73 Å². The third-order valence-corrected chi connectivity index (χ3v) is 3.90. The highest BCUT2D eigenvalue weighted by Gasteiger charge is 2.20. The third kappa shape index (κ3) is 2.87. The van der Waals surface area contributed by atoms with E-state index in [9.17, 15) is 18.0 Å². The minimum atomic E-state index is -0.982. The predicted octanol–water partition coefficient (Wildman–Crippen LogP) is 4.65. The monoisotopic (exact) mass is 333 g/mol. The second-order valence-corrected chi connectivity index (χ2v) is 5.57. The van der Waals surface area contributed by atoms with Gasteiger partial charge in [-0.25, -0.2) is 13.2 Å². The van der Waals surface area contributed by atoms with Crippen LogP contribution in [0.25, 0.3) is 11.0 Å². The van der Waals surface area contributed by atoms with Crippen LogP contribution in [-0.2, 0) is 0 Å². The first-order valence-electron chi connectivity index (χ1n) is 7.31. The van der Waals surface area contributed by atoms with E-state index in [1.54, 1.807) is 13.8 Å². The van der Waals surface area contributed by atoms with Crippen molar-refractivity contribution in [3.05, 3.63) is 70.7 Å². The van der Waals surface area contributed by atoms with Crippen molar-refractivity contribution in [2.75, 3.05) is 0 Å². The van der Waals surface area contributed by atoms with Crippen molar-refractivity contribution in [2.24, 2.45) is 0 Å². The van der Waals surface area contributed by atoms with E-state index in [0.717, 1.165) is 12.1 Å². The maximum absolute atomic E-state index is 13.3. The van der Waals surface area contributed by atoms with Crippen molar-refractivity contribution in [1.29, 1.82) is 0 Å². The zero-order valence-electron chi connectivity index (χ0n) is 13.0. The fraction of sp³-hybridized carbons (Fsp3) is 0.167. The maximum atomic E-state index is 13.3. The lowest BCUT2D eigenvalue weighted by molar-refractivity contribution is 0.0913. The molecule has 3 rings (SSSR count). The first-order chi connectivity index (χ1) is 11.4. The Bertz CT molecular complexity index is 933. The molecule has 3 nitrogen and oxygen atoms in total. The van der Waals surface area contributed by atoms with Crippen LogP contribution in [0.15, 0.2) is 40.8 Å². The average Bonchev–Trinajstić information content (AvgIpc) is 2.86. The normalized spacial score (nSPS) is 12.4. The molecular weight excluding hydrogens is 319 g/mol. The minimum Gasteiger partial charge on any atom is -0.451 e. The Morgan fingerprint density at radius 2 is 1.83 bits per heavy atom. The van der Waals surface area contributed by atoms with Gasteiger partial charge in [0.05, 0.1) is 6.04 Å². The molecule has 0 saturated heterocycles. The molecule has 6 heteroatoms. The molecule has 1 heterocycles. The lowest BCUT2D eigenvalue weighted by Crippen LogP contribution is -2.26. The van der Waals surface area contributed by atoms with Gasteiger partial charge in [0, 0.05) is 10.9 Å². The number of furan rings is 1. The van der Waals surface area contributed by atoms with Gasteiger partial charge >= 0.3 is 0 Å². The maximum Gasteiger partial charge on any atom is 0.287 e. The highest BCUT2D eigenvalue weighted by atomic mass is 19.2. The van der Waals surface area contributed by atoms with Gasteiger partial charge in [0.15, 0.2) is 17.4 Å². The molecule has 124 valence electrons. The van der Waals surface area contributed by atoms with E-state index in [1.807, 2.05) is 0 Å². The average molecular weight is 333 g/mol. The first-order valence-corrected chi connectivity index (χ1v) is 7.31. The van der Waals surface area contributed by atoms with Crippen LogP contribution >= 0.6 is 0 Å². The molecule has 0 fully saturated rings. The summed E-state index contributed by atoms with van der Waals surface area (Å²) in [5.74, 6) is -2.81. The molecule has 0 radical (unpaired) electrons. The number of benzene rings is 2. The van der Waals surface area contributed by atoms with Crippen LogP contribution in [0.2, 0.25) is 0 Å². The summed E-state index contributed by atoms with van der Waals surface area (Å²) in [7, 11) is 0. The smallest absolute Gasteiger partial charge is 0.287 e. The summed E-state index contributed by atoms with van der Waals surface area (Å²) in [5.41, 5.74) is 1.33. The summed E-state index contributed by atoms with van der Waals surface area (Å²) in [5, 5.41) is 3.17. The summed E-state index contributed by atoms with van der Waals surface area (Å²) in [6, 6.07) is 6.86. The van der Waals surface area contributed by atoms with Crippen molar-refractivity contribution in [2.45, 2.75) is 19.9 Å². The van der Waals surface area contributed by atoms with Crippen molar-refractivity contribution in [1.82, 2.24) is 5.32 Å². The number of carbonyl (C=O) groups excluding carboxylic acids is 1. The third-order valence-electron chi connectivity index (χ3n) is 3.90. The van der Waals surface area contributed by atoms with Gasteiger partial charge in [-0.05, 0) is 49.7 Å². The first kappa shape index (κ1) is 16.1. The fourth-order valence-electron chi connectivity index (χ4n) is 2.54. The molecule has 0 aliphatic carbocycles. The van der Waals surface area contributed by atoms with Crippen molar-refractivity contribution in [3.8, 4) is 0 Å². The van der Waals surface area contributed by atoms with Crippen LogP contribution in [-0.4, -0.2) is 5.91 Å². The molecule has 0 aliphatic heterocycles. The van der Waals surface area contributed by atoms with Gasteiger partial charge in [-0.15, -0.1) is 0 Å². The van der Waals surface area contributed by atoms with Crippen LogP contribution in [0.1, 0.15) is 34.6 Å². The summed E-state index contributed by atoms with van der Waals surface area (Å²) >= 11 is 0. The van der Waals surface area contributed by atoms with E-state index >= 15 is 0 Å². The van der Waals surface area contributed by atoms with E-state index in [4.69, 9.17) is 4.42 Å². The molecule has 1 N–H and O–H groups in total. The number of hydrogen-bond donors (Lipinski definition) is 1. The summed E-state index contributed by atoms with van der Waals surface area (Å²) in [6.45, 7) is 3.30. The van der Waals surface area contributed by atoms with Gasteiger partial charge in [0.1, 0.15) is 11.4 Å². The van der Waals surface area contributed by atoms with E-state index in [-0.39, 0.29) is 5.76 Å². The van der Waals surface area contributed by atoms with Crippen molar-refractivity contribution < 1.29 is 22.4 Å². The summed E-state index contributed by atoms with van der Waals surface area (Å²) in [4.78, 5) is 12.4. The van der Waals surface area contributed by atoms with Gasteiger partial charge in [-0.3, -0.25) is 4.79 Å². The molecule has 3 aromatic rings. The Morgan fingerprint density at radius 1 is 1.08 bits per heavy atom. The number of hydrogen-bond acceptors (Lipinski definition) is 2. The molecule has 1 aromatic heterocycles. The highest BCUT2D eigenvalue weighted by Crippen LogP contribution is 2.26. The number of aryl methyl sites for hydroxylation is 1. The molecule has 0 spiro atoms. The van der Waals surface area contributed by atoms with E-state index in [2.05, 4.69) is 5.32 Å². The van der Waals surface area contributed by atoms with E-state index in [1.165, 1.54) is 24.3 Å². The second kappa shape index (κ2) is 6.03. The zero-order chi connectivity index (χ0) is 17.4.